The van der Waals surface area contributed by atoms with Crippen LogP contribution in [0.15, 0.2) is 70.3 Å². The van der Waals surface area contributed by atoms with Crippen molar-refractivity contribution in [1.29, 1.82) is 0 Å². The number of H-pyrrole nitrogens is 1. The number of nitrogens with zero attached hydrogens (tertiary/aromatic N) is 2. The summed E-state index contributed by atoms with van der Waals surface area (Å²) in [7, 11) is 1.46. The minimum atomic E-state index is -0.482. The molecule has 1 aliphatic heterocycles. The molecule has 2 N–H and O–H groups in total. The van der Waals surface area contributed by atoms with Crippen molar-refractivity contribution < 1.29 is 0 Å². The molecule has 1 aliphatic rings. The monoisotopic (exact) mass is 364 g/mol. The number of benzene rings is 2. The van der Waals surface area contributed by atoms with Gasteiger partial charge in [-0.05, 0) is 29.9 Å². The fourth-order valence-electron chi connectivity index (χ4n) is 3.21. The zero-order valence-electron chi connectivity index (χ0n) is 14.0. The van der Waals surface area contributed by atoms with Gasteiger partial charge in [-0.2, -0.15) is 0 Å². The lowest BCUT2D eigenvalue weighted by Gasteiger charge is -2.39. The summed E-state index contributed by atoms with van der Waals surface area (Å²) in [5.41, 5.74) is 1.39. The molecule has 1 atom stereocenters. The van der Waals surface area contributed by atoms with Gasteiger partial charge in [0.25, 0.3) is 5.56 Å². The van der Waals surface area contributed by atoms with E-state index in [1.165, 1.54) is 7.05 Å². The van der Waals surface area contributed by atoms with E-state index in [1.54, 1.807) is 0 Å². The van der Waals surface area contributed by atoms with Gasteiger partial charge >= 0.3 is 5.69 Å². The summed E-state index contributed by atoms with van der Waals surface area (Å²) in [6.07, 6.45) is 0. The van der Waals surface area contributed by atoms with Crippen LogP contribution in [0.5, 0.6) is 0 Å². The molecule has 0 spiro atoms. The van der Waals surface area contributed by atoms with Crippen molar-refractivity contribution in [3.8, 4) is 0 Å². The van der Waals surface area contributed by atoms with Gasteiger partial charge in [-0.15, -0.1) is 0 Å². The Morgan fingerprint density at radius 3 is 2.23 bits per heavy atom. The van der Waals surface area contributed by atoms with Crippen LogP contribution in [0.4, 0.5) is 11.5 Å². The van der Waals surface area contributed by atoms with Gasteiger partial charge in [0.05, 0.1) is 11.6 Å². The SMILES string of the molecule is Cn1c(=O)[nH]c2c(c1=O)C(c1ccccc1)N(c1ccccc1)C(=S)N2. The van der Waals surface area contributed by atoms with Gasteiger partial charge in [0.15, 0.2) is 5.11 Å². The Morgan fingerprint density at radius 2 is 1.58 bits per heavy atom. The molecule has 2 heterocycles. The number of fused-ring (bicyclic) bond motifs is 1. The van der Waals surface area contributed by atoms with Crippen molar-refractivity contribution in [2.45, 2.75) is 6.04 Å². The molecule has 2 aromatic carbocycles. The van der Waals surface area contributed by atoms with E-state index in [0.717, 1.165) is 15.8 Å². The first kappa shape index (κ1) is 16.3. The van der Waals surface area contributed by atoms with Gasteiger partial charge in [-0.3, -0.25) is 14.3 Å². The van der Waals surface area contributed by atoms with E-state index in [9.17, 15) is 9.59 Å². The predicted octanol–water partition coefficient (Wildman–Crippen LogP) is 2.38. The standard InChI is InChI=1S/C19H16N4O2S/c1-22-17(24)14-15(12-8-4-2-5-9-12)23(13-10-6-3-7-11-13)19(26)21-16(14)20-18(22)25/h2-11,15H,1H3,(H,20,25)(H,21,26). The van der Waals surface area contributed by atoms with Crippen molar-refractivity contribution in [3.05, 3.63) is 92.6 Å². The predicted molar refractivity (Wildman–Crippen MR) is 106 cm³/mol. The van der Waals surface area contributed by atoms with Gasteiger partial charge < -0.3 is 10.2 Å². The van der Waals surface area contributed by atoms with E-state index in [-0.39, 0.29) is 5.56 Å². The van der Waals surface area contributed by atoms with E-state index in [1.807, 2.05) is 65.6 Å². The number of hydrogen-bond donors (Lipinski definition) is 2. The van der Waals surface area contributed by atoms with Crippen LogP contribution in [0.3, 0.4) is 0 Å². The number of aromatic nitrogens is 2. The fourth-order valence-corrected chi connectivity index (χ4v) is 3.52. The summed E-state index contributed by atoms with van der Waals surface area (Å²) >= 11 is 5.57. The quantitative estimate of drug-likeness (QED) is 0.683. The first-order valence-electron chi connectivity index (χ1n) is 8.11. The minimum Gasteiger partial charge on any atom is -0.318 e. The van der Waals surface area contributed by atoms with Crippen LogP contribution < -0.4 is 21.5 Å². The van der Waals surface area contributed by atoms with Crippen LogP contribution in [-0.2, 0) is 7.05 Å². The smallest absolute Gasteiger partial charge is 0.318 e. The summed E-state index contributed by atoms with van der Waals surface area (Å²) < 4.78 is 1.08. The second kappa shape index (κ2) is 6.27. The molecule has 0 amide bonds. The molecule has 7 heteroatoms. The van der Waals surface area contributed by atoms with Crippen molar-refractivity contribution in [3.63, 3.8) is 0 Å². The lowest BCUT2D eigenvalue weighted by molar-refractivity contribution is 0.718. The van der Waals surface area contributed by atoms with E-state index in [2.05, 4.69) is 10.3 Å². The maximum atomic E-state index is 12.9. The molecule has 0 fully saturated rings. The van der Waals surface area contributed by atoms with Crippen LogP contribution in [0, 0.1) is 0 Å². The average Bonchev–Trinajstić information content (AvgIpc) is 2.66. The van der Waals surface area contributed by atoms with E-state index in [4.69, 9.17) is 12.2 Å². The molecule has 1 unspecified atom stereocenters. The highest BCUT2D eigenvalue weighted by atomic mass is 32.1. The summed E-state index contributed by atoms with van der Waals surface area (Å²) in [5, 5.41) is 3.42. The zero-order chi connectivity index (χ0) is 18.3. The summed E-state index contributed by atoms with van der Waals surface area (Å²) in [6, 6.07) is 18.8. The molecule has 3 aromatic rings. The van der Waals surface area contributed by atoms with E-state index in [0.29, 0.717) is 16.5 Å². The van der Waals surface area contributed by atoms with Crippen LogP contribution in [0.1, 0.15) is 17.2 Å². The number of nitrogens with one attached hydrogen (secondary N) is 2. The zero-order valence-corrected chi connectivity index (χ0v) is 14.8. The third-order valence-corrected chi connectivity index (χ3v) is 4.77. The molecule has 0 bridgehead atoms. The molecule has 130 valence electrons. The molecule has 1 aromatic heterocycles. The lowest BCUT2D eigenvalue weighted by Crippen LogP contribution is -2.49. The van der Waals surface area contributed by atoms with Crippen LogP contribution >= 0.6 is 12.2 Å². The summed E-state index contributed by atoms with van der Waals surface area (Å²) in [5.74, 6) is 0.351. The number of para-hydroxylation sites is 1. The molecular weight excluding hydrogens is 348 g/mol. The average molecular weight is 364 g/mol. The number of thiocarbonyl (C=S) groups is 1. The van der Waals surface area contributed by atoms with Crippen LogP contribution in [0.25, 0.3) is 0 Å². The Labute approximate surface area is 154 Å². The third kappa shape index (κ3) is 2.53. The minimum absolute atomic E-state index is 0.351. The number of hydrogen-bond acceptors (Lipinski definition) is 3. The summed E-state index contributed by atoms with van der Waals surface area (Å²) in [6.45, 7) is 0. The maximum Gasteiger partial charge on any atom is 0.329 e. The highest BCUT2D eigenvalue weighted by molar-refractivity contribution is 7.80. The van der Waals surface area contributed by atoms with Crippen molar-refractivity contribution in [2.24, 2.45) is 7.05 Å². The second-order valence-corrected chi connectivity index (χ2v) is 6.42. The number of anilines is 2. The number of aromatic amines is 1. The summed E-state index contributed by atoms with van der Waals surface area (Å²) in [4.78, 5) is 29.6. The van der Waals surface area contributed by atoms with Gasteiger partial charge in [0.1, 0.15) is 5.82 Å². The van der Waals surface area contributed by atoms with Crippen LogP contribution in [0.2, 0.25) is 0 Å². The lowest BCUT2D eigenvalue weighted by atomic mass is 9.96. The molecule has 6 nitrogen and oxygen atoms in total. The molecule has 0 saturated heterocycles. The number of rotatable bonds is 2. The van der Waals surface area contributed by atoms with Gasteiger partial charge in [-0.25, -0.2) is 4.79 Å². The normalized spacial score (nSPS) is 16.1. The highest BCUT2D eigenvalue weighted by Crippen LogP contribution is 2.37. The van der Waals surface area contributed by atoms with Gasteiger partial charge in [-0.1, -0.05) is 48.5 Å². The molecule has 0 saturated carbocycles. The Kier molecular flexibility index (Phi) is 3.93. The Morgan fingerprint density at radius 1 is 0.962 bits per heavy atom. The molecular formula is C19H16N4O2S. The molecule has 0 radical (unpaired) electrons. The van der Waals surface area contributed by atoms with Crippen molar-refractivity contribution in [2.75, 3.05) is 10.2 Å². The maximum absolute atomic E-state index is 12.9. The molecule has 4 rings (SSSR count). The van der Waals surface area contributed by atoms with E-state index >= 15 is 0 Å². The Balaban J connectivity index is 2.03. The van der Waals surface area contributed by atoms with E-state index < -0.39 is 11.7 Å². The first-order chi connectivity index (χ1) is 12.6. The Bertz CT molecular complexity index is 1090. The molecule has 0 aliphatic carbocycles. The van der Waals surface area contributed by atoms with Gasteiger partial charge in [0.2, 0.25) is 0 Å². The second-order valence-electron chi connectivity index (χ2n) is 6.03. The first-order valence-corrected chi connectivity index (χ1v) is 8.52. The third-order valence-electron chi connectivity index (χ3n) is 4.47. The highest BCUT2D eigenvalue weighted by Gasteiger charge is 2.36. The van der Waals surface area contributed by atoms with Crippen LogP contribution in [-0.4, -0.2) is 14.7 Å². The topological polar surface area (TPSA) is 70.1 Å². The van der Waals surface area contributed by atoms with Gasteiger partial charge in [0, 0.05) is 12.7 Å². The van der Waals surface area contributed by atoms with Crippen molar-refractivity contribution in [1.82, 2.24) is 9.55 Å². The largest absolute Gasteiger partial charge is 0.329 e. The Hall–Kier alpha value is -3.19. The molecule has 26 heavy (non-hydrogen) atoms. The van der Waals surface area contributed by atoms with Crippen molar-refractivity contribution >= 4 is 28.8 Å². The fraction of sp³-hybridized carbons (Fsp3) is 0.105.